The molecule has 6 heteroatoms. The lowest BCUT2D eigenvalue weighted by Gasteiger charge is -2.08. The predicted octanol–water partition coefficient (Wildman–Crippen LogP) is 0.900. The summed E-state index contributed by atoms with van der Waals surface area (Å²) >= 11 is 0. The van der Waals surface area contributed by atoms with E-state index < -0.39 is 0 Å². The molecular weight excluding hydrogens is 254 g/mol. The smallest absolute Gasteiger partial charge is 0.222 e. The van der Waals surface area contributed by atoms with Crippen molar-refractivity contribution in [1.29, 1.82) is 0 Å². The molecule has 108 valence electrons. The van der Waals surface area contributed by atoms with E-state index in [2.05, 4.69) is 20.7 Å². The van der Waals surface area contributed by atoms with Gasteiger partial charge in [-0.15, -0.1) is 0 Å². The molecule has 6 nitrogen and oxygen atoms in total. The van der Waals surface area contributed by atoms with Crippen molar-refractivity contribution in [2.45, 2.75) is 27.3 Å². The maximum absolute atomic E-state index is 11.4. The lowest BCUT2D eigenvalue weighted by atomic mass is 10.2. The molecule has 0 radical (unpaired) electrons. The van der Waals surface area contributed by atoms with Crippen LogP contribution in [0, 0.1) is 12.8 Å². The predicted molar refractivity (Wildman–Crippen MR) is 77.3 cm³/mol. The zero-order chi connectivity index (χ0) is 14.5. The molecule has 0 atom stereocenters. The normalized spacial score (nSPS) is 11.2. The van der Waals surface area contributed by atoms with Gasteiger partial charge >= 0.3 is 0 Å². The van der Waals surface area contributed by atoms with E-state index in [1.165, 1.54) is 0 Å². The number of aromatic nitrogens is 3. The first kappa shape index (κ1) is 14.5. The number of nitrogens with zero attached hydrogens (tertiary/aromatic N) is 3. The molecule has 2 N–H and O–H groups in total. The molecule has 0 spiro atoms. The van der Waals surface area contributed by atoms with Gasteiger partial charge in [-0.2, -0.15) is 5.10 Å². The number of fused-ring (bicyclic) bond motifs is 1. The standard InChI is InChI=1S/C14H21N5O/c1-10(2)14(20)16-5-4-15-7-12-8-17-13-6-11(3)18-19(13)9-12/h6,8-10,15H,4-5,7H2,1-3H3,(H,16,20). The van der Waals surface area contributed by atoms with E-state index in [1.807, 2.05) is 39.2 Å². The summed E-state index contributed by atoms with van der Waals surface area (Å²) in [5, 5.41) is 10.5. The van der Waals surface area contributed by atoms with Crippen LogP contribution in [0.4, 0.5) is 0 Å². The molecule has 0 aliphatic heterocycles. The molecular formula is C14H21N5O. The molecule has 2 heterocycles. The van der Waals surface area contributed by atoms with Gasteiger partial charge < -0.3 is 10.6 Å². The van der Waals surface area contributed by atoms with Crippen LogP contribution >= 0.6 is 0 Å². The molecule has 0 fully saturated rings. The zero-order valence-electron chi connectivity index (χ0n) is 12.2. The van der Waals surface area contributed by atoms with Crippen molar-refractivity contribution in [1.82, 2.24) is 25.2 Å². The summed E-state index contributed by atoms with van der Waals surface area (Å²) in [6, 6.07) is 1.94. The monoisotopic (exact) mass is 275 g/mol. The molecule has 0 aromatic carbocycles. The Labute approximate surface area is 118 Å². The van der Waals surface area contributed by atoms with Crippen molar-refractivity contribution in [2.24, 2.45) is 5.92 Å². The quantitative estimate of drug-likeness (QED) is 0.768. The summed E-state index contributed by atoms with van der Waals surface area (Å²) in [4.78, 5) is 15.7. The SMILES string of the molecule is Cc1cc2ncc(CNCCNC(=O)C(C)C)cn2n1. The second-order valence-electron chi connectivity index (χ2n) is 5.17. The topological polar surface area (TPSA) is 71.3 Å². The van der Waals surface area contributed by atoms with Gasteiger partial charge in [-0.1, -0.05) is 13.8 Å². The number of rotatable bonds is 6. The minimum atomic E-state index is 0.0321. The van der Waals surface area contributed by atoms with E-state index in [0.717, 1.165) is 23.4 Å². The Morgan fingerprint density at radius 1 is 1.40 bits per heavy atom. The van der Waals surface area contributed by atoms with Crippen molar-refractivity contribution >= 4 is 11.6 Å². The molecule has 0 unspecified atom stereocenters. The van der Waals surface area contributed by atoms with Crippen molar-refractivity contribution in [3.8, 4) is 0 Å². The minimum Gasteiger partial charge on any atom is -0.355 e. The molecule has 0 saturated carbocycles. The number of aryl methyl sites for hydroxylation is 1. The van der Waals surface area contributed by atoms with Crippen LogP contribution in [0.5, 0.6) is 0 Å². The second-order valence-corrected chi connectivity index (χ2v) is 5.17. The molecule has 20 heavy (non-hydrogen) atoms. The van der Waals surface area contributed by atoms with Crippen LogP contribution in [0.1, 0.15) is 25.1 Å². The summed E-state index contributed by atoms with van der Waals surface area (Å²) in [5.74, 6) is 0.117. The van der Waals surface area contributed by atoms with Gasteiger partial charge in [0, 0.05) is 49.6 Å². The maximum Gasteiger partial charge on any atom is 0.222 e. The number of carbonyl (C=O) groups is 1. The van der Waals surface area contributed by atoms with E-state index in [-0.39, 0.29) is 11.8 Å². The van der Waals surface area contributed by atoms with E-state index in [0.29, 0.717) is 13.1 Å². The molecule has 0 saturated heterocycles. The van der Waals surface area contributed by atoms with Crippen molar-refractivity contribution in [3.05, 3.63) is 29.7 Å². The van der Waals surface area contributed by atoms with Crippen LogP contribution in [0.25, 0.3) is 5.65 Å². The number of hydrogen-bond donors (Lipinski definition) is 2. The highest BCUT2D eigenvalue weighted by Crippen LogP contribution is 2.04. The molecule has 2 aromatic heterocycles. The lowest BCUT2D eigenvalue weighted by molar-refractivity contribution is -0.123. The zero-order valence-corrected chi connectivity index (χ0v) is 12.2. The minimum absolute atomic E-state index is 0.0321. The molecule has 2 rings (SSSR count). The van der Waals surface area contributed by atoms with Gasteiger partial charge in [0.15, 0.2) is 5.65 Å². The Morgan fingerprint density at radius 2 is 2.20 bits per heavy atom. The van der Waals surface area contributed by atoms with E-state index in [9.17, 15) is 4.79 Å². The van der Waals surface area contributed by atoms with Crippen molar-refractivity contribution in [3.63, 3.8) is 0 Å². The number of amides is 1. The van der Waals surface area contributed by atoms with Crippen molar-refractivity contribution in [2.75, 3.05) is 13.1 Å². The fourth-order valence-corrected chi connectivity index (χ4v) is 1.84. The second kappa shape index (κ2) is 6.47. The van der Waals surface area contributed by atoms with Gasteiger partial charge in [-0.25, -0.2) is 9.50 Å². The van der Waals surface area contributed by atoms with Crippen LogP contribution < -0.4 is 10.6 Å². The van der Waals surface area contributed by atoms with Crippen LogP contribution in [0.2, 0.25) is 0 Å². The third-order valence-electron chi connectivity index (χ3n) is 2.94. The van der Waals surface area contributed by atoms with E-state index in [1.54, 1.807) is 4.52 Å². The fraction of sp³-hybridized carbons (Fsp3) is 0.500. The Kier molecular flexibility index (Phi) is 4.68. The molecule has 1 amide bonds. The van der Waals surface area contributed by atoms with Crippen LogP contribution in [0.3, 0.4) is 0 Å². The summed E-state index contributed by atoms with van der Waals surface area (Å²) in [6.45, 7) is 7.79. The van der Waals surface area contributed by atoms with Gasteiger partial charge in [0.25, 0.3) is 0 Å². The van der Waals surface area contributed by atoms with Gasteiger partial charge in [-0.3, -0.25) is 4.79 Å². The number of carbonyl (C=O) groups excluding carboxylic acids is 1. The maximum atomic E-state index is 11.4. The summed E-state index contributed by atoms with van der Waals surface area (Å²) in [6.07, 6.45) is 3.81. The third-order valence-corrected chi connectivity index (χ3v) is 2.94. The van der Waals surface area contributed by atoms with Crippen LogP contribution in [-0.2, 0) is 11.3 Å². The lowest BCUT2D eigenvalue weighted by Crippen LogP contribution is -2.34. The molecule has 0 aliphatic carbocycles. The summed E-state index contributed by atoms with van der Waals surface area (Å²) in [7, 11) is 0. The number of hydrogen-bond acceptors (Lipinski definition) is 4. The Morgan fingerprint density at radius 3 is 2.95 bits per heavy atom. The molecule has 2 aromatic rings. The molecule has 0 aliphatic rings. The van der Waals surface area contributed by atoms with Gasteiger partial charge in [0.1, 0.15) is 0 Å². The summed E-state index contributed by atoms with van der Waals surface area (Å²) < 4.78 is 1.78. The highest BCUT2D eigenvalue weighted by Gasteiger charge is 2.04. The highest BCUT2D eigenvalue weighted by atomic mass is 16.1. The van der Waals surface area contributed by atoms with Gasteiger partial charge in [0.2, 0.25) is 5.91 Å². The average Bonchev–Trinajstić information content (AvgIpc) is 2.77. The highest BCUT2D eigenvalue weighted by molar-refractivity contribution is 5.77. The first-order valence-electron chi connectivity index (χ1n) is 6.85. The van der Waals surface area contributed by atoms with E-state index in [4.69, 9.17) is 0 Å². The Bertz CT molecular complexity index is 590. The number of nitrogens with one attached hydrogen (secondary N) is 2. The van der Waals surface area contributed by atoms with Gasteiger partial charge in [-0.05, 0) is 6.92 Å². The fourth-order valence-electron chi connectivity index (χ4n) is 1.84. The van der Waals surface area contributed by atoms with E-state index >= 15 is 0 Å². The molecule has 0 bridgehead atoms. The Hall–Kier alpha value is -1.95. The average molecular weight is 275 g/mol. The first-order chi connectivity index (χ1) is 9.56. The largest absolute Gasteiger partial charge is 0.355 e. The summed E-state index contributed by atoms with van der Waals surface area (Å²) in [5.41, 5.74) is 2.88. The first-order valence-corrected chi connectivity index (χ1v) is 6.85. The van der Waals surface area contributed by atoms with Crippen LogP contribution in [-0.4, -0.2) is 33.6 Å². The van der Waals surface area contributed by atoms with Gasteiger partial charge in [0.05, 0.1) is 5.69 Å². The van der Waals surface area contributed by atoms with Crippen molar-refractivity contribution < 1.29 is 4.79 Å². The van der Waals surface area contributed by atoms with Crippen LogP contribution in [0.15, 0.2) is 18.5 Å². The third kappa shape index (κ3) is 3.77. The Balaban J connectivity index is 1.77.